The first-order chi connectivity index (χ1) is 6.38. The van der Waals surface area contributed by atoms with Crippen LogP contribution in [0.4, 0.5) is 13.2 Å². The number of alkyl halides is 3. The van der Waals surface area contributed by atoms with E-state index in [0.29, 0.717) is 0 Å². The Balaban J connectivity index is 2.47. The van der Waals surface area contributed by atoms with E-state index >= 15 is 0 Å². The normalized spacial score (nSPS) is 14.4. The molecule has 0 bridgehead atoms. The Hall–Kier alpha value is 0.180. The molecule has 1 unspecified atom stereocenters. The Morgan fingerprint density at radius 3 is 2.57 bits per heavy atom. The summed E-state index contributed by atoms with van der Waals surface area (Å²) in [5.74, 6) is 0. The first kappa shape index (κ1) is 12.3. The monoisotopic (exact) mass is 335 g/mol. The van der Waals surface area contributed by atoms with E-state index in [1.165, 1.54) is 11.3 Å². The van der Waals surface area contributed by atoms with Crippen molar-refractivity contribution in [1.29, 1.82) is 0 Å². The molecule has 0 aromatic carbocycles. The highest BCUT2D eigenvalue weighted by Gasteiger charge is 2.27. The van der Waals surface area contributed by atoms with Gasteiger partial charge in [-0.25, -0.2) is 0 Å². The van der Waals surface area contributed by atoms with Gasteiger partial charge in [0.2, 0.25) is 0 Å². The molecule has 1 atom stereocenters. The Morgan fingerprint density at radius 2 is 2.14 bits per heavy atom. The average Bonchev–Trinajstić information content (AvgIpc) is 2.46. The zero-order valence-electron chi connectivity index (χ0n) is 7.14. The van der Waals surface area contributed by atoms with Crippen LogP contribution in [0.1, 0.15) is 24.4 Å². The van der Waals surface area contributed by atoms with Crippen LogP contribution in [0.25, 0.3) is 0 Å². The minimum Gasteiger partial charge on any atom is -0.324 e. The second-order valence-electron chi connectivity index (χ2n) is 2.94. The fourth-order valence-corrected chi connectivity index (χ4v) is 2.44. The summed E-state index contributed by atoms with van der Waals surface area (Å²) in [5, 5.41) is 1.81. The van der Waals surface area contributed by atoms with E-state index in [1.54, 1.807) is 0 Å². The minimum atomic E-state index is -4.11. The Bertz CT molecular complexity index is 297. The Labute approximate surface area is 97.6 Å². The molecule has 0 saturated heterocycles. The Morgan fingerprint density at radius 1 is 1.50 bits per heavy atom. The lowest BCUT2D eigenvalue weighted by atomic mass is 10.1. The molecule has 0 aliphatic rings. The molecule has 0 fully saturated rings. The van der Waals surface area contributed by atoms with Crippen LogP contribution in [0.2, 0.25) is 0 Å². The van der Waals surface area contributed by atoms with E-state index in [0.717, 1.165) is 8.45 Å². The van der Waals surface area contributed by atoms with Gasteiger partial charge in [-0.15, -0.1) is 11.3 Å². The molecular formula is C8H9F3INS. The summed E-state index contributed by atoms with van der Waals surface area (Å²) in [7, 11) is 0. The Kier molecular flexibility index (Phi) is 4.20. The summed E-state index contributed by atoms with van der Waals surface area (Å²) in [6.07, 6.45) is -4.97. The molecule has 14 heavy (non-hydrogen) atoms. The van der Waals surface area contributed by atoms with Crippen LogP contribution in [0.5, 0.6) is 0 Å². The molecular weight excluding hydrogens is 326 g/mol. The van der Waals surface area contributed by atoms with Crippen molar-refractivity contribution >= 4 is 33.9 Å². The quantitative estimate of drug-likeness (QED) is 0.838. The van der Waals surface area contributed by atoms with Crippen molar-refractivity contribution in [2.45, 2.75) is 25.1 Å². The van der Waals surface area contributed by atoms with Crippen molar-refractivity contribution in [3.63, 3.8) is 0 Å². The predicted molar refractivity (Wildman–Crippen MR) is 59.3 cm³/mol. The smallest absolute Gasteiger partial charge is 0.324 e. The summed E-state index contributed by atoms with van der Waals surface area (Å²) in [4.78, 5) is 0. The van der Waals surface area contributed by atoms with E-state index in [9.17, 15) is 13.2 Å². The third kappa shape index (κ3) is 4.14. The molecule has 80 valence electrons. The zero-order valence-corrected chi connectivity index (χ0v) is 10.1. The molecule has 0 amide bonds. The number of thiophene rings is 1. The second-order valence-corrected chi connectivity index (χ2v) is 5.75. The highest BCUT2D eigenvalue weighted by molar-refractivity contribution is 14.1. The minimum absolute atomic E-state index is 0.0453. The van der Waals surface area contributed by atoms with Gasteiger partial charge in [-0.2, -0.15) is 13.2 Å². The fraction of sp³-hybridized carbons (Fsp3) is 0.500. The van der Waals surface area contributed by atoms with Crippen LogP contribution in [-0.2, 0) is 0 Å². The molecule has 2 N–H and O–H groups in total. The van der Waals surface area contributed by atoms with Crippen molar-refractivity contribution in [2.75, 3.05) is 0 Å². The van der Waals surface area contributed by atoms with E-state index in [1.807, 2.05) is 11.4 Å². The molecule has 6 heteroatoms. The van der Waals surface area contributed by atoms with Gasteiger partial charge >= 0.3 is 6.18 Å². The fourth-order valence-electron chi connectivity index (χ4n) is 1.00. The molecule has 0 radical (unpaired) electrons. The van der Waals surface area contributed by atoms with Gasteiger partial charge in [0.1, 0.15) is 0 Å². The zero-order chi connectivity index (χ0) is 10.8. The summed E-state index contributed by atoms with van der Waals surface area (Å²) in [6, 6.07) is 1.32. The maximum Gasteiger partial charge on any atom is 0.389 e. The highest BCUT2D eigenvalue weighted by atomic mass is 127. The summed E-state index contributed by atoms with van der Waals surface area (Å²) in [6.45, 7) is 0. The van der Waals surface area contributed by atoms with Gasteiger partial charge in [-0.1, -0.05) is 0 Å². The van der Waals surface area contributed by atoms with Crippen molar-refractivity contribution in [1.82, 2.24) is 0 Å². The topological polar surface area (TPSA) is 26.0 Å². The van der Waals surface area contributed by atoms with Crippen molar-refractivity contribution in [2.24, 2.45) is 5.73 Å². The second kappa shape index (κ2) is 4.80. The number of hydrogen-bond acceptors (Lipinski definition) is 2. The van der Waals surface area contributed by atoms with E-state index < -0.39 is 18.6 Å². The summed E-state index contributed by atoms with van der Waals surface area (Å²) < 4.78 is 36.7. The summed E-state index contributed by atoms with van der Waals surface area (Å²) in [5.41, 5.74) is 6.41. The predicted octanol–water partition coefficient (Wildman–Crippen LogP) is 3.70. The highest BCUT2D eigenvalue weighted by Crippen LogP contribution is 2.28. The van der Waals surface area contributed by atoms with E-state index in [2.05, 4.69) is 22.6 Å². The molecule has 0 saturated carbocycles. The van der Waals surface area contributed by atoms with Gasteiger partial charge < -0.3 is 5.73 Å². The third-order valence-corrected chi connectivity index (χ3v) is 3.56. The maximum atomic E-state index is 11.9. The van der Waals surface area contributed by atoms with Gasteiger partial charge in [-0.3, -0.25) is 0 Å². The van der Waals surface area contributed by atoms with E-state index in [-0.39, 0.29) is 6.42 Å². The lowest BCUT2D eigenvalue weighted by Gasteiger charge is -2.11. The van der Waals surface area contributed by atoms with Crippen molar-refractivity contribution < 1.29 is 13.2 Å². The molecule has 0 aliphatic carbocycles. The molecule has 0 aliphatic heterocycles. The molecule has 0 spiro atoms. The molecule has 1 rings (SSSR count). The molecule has 1 aromatic heterocycles. The largest absolute Gasteiger partial charge is 0.389 e. The third-order valence-electron chi connectivity index (χ3n) is 1.75. The SMILES string of the molecule is NC(CCC(F)(F)F)c1csc(I)c1. The lowest BCUT2D eigenvalue weighted by molar-refractivity contribution is -0.136. The van der Waals surface area contributed by atoms with Crippen LogP contribution in [0.15, 0.2) is 11.4 Å². The van der Waals surface area contributed by atoms with Crippen LogP contribution in [-0.4, -0.2) is 6.18 Å². The lowest BCUT2D eigenvalue weighted by Crippen LogP contribution is -2.15. The van der Waals surface area contributed by atoms with Gasteiger partial charge in [-0.05, 0) is 46.0 Å². The summed E-state index contributed by atoms with van der Waals surface area (Å²) >= 11 is 3.61. The van der Waals surface area contributed by atoms with Crippen LogP contribution in [0, 0.1) is 2.88 Å². The van der Waals surface area contributed by atoms with Gasteiger partial charge in [0.25, 0.3) is 0 Å². The van der Waals surface area contributed by atoms with Gasteiger partial charge in [0, 0.05) is 12.5 Å². The van der Waals surface area contributed by atoms with Crippen molar-refractivity contribution in [3.05, 3.63) is 19.9 Å². The van der Waals surface area contributed by atoms with Gasteiger partial charge in [0.15, 0.2) is 0 Å². The number of nitrogens with two attached hydrogens (primary N) is 1. The first-order valence-corrected chi connectivity index (χ1v) is 5.90. The van der Waals surface area contributed by atoms with Gasteiger partial charge in [0.05, 0.1) is 2.88 Å². The van der Waals surface area contributed by atoms with E-state index in [4.69, 9.17) is 5.73 Å². The molecule has 1 nitrogen and oxygen atoms in total. The first-order valence-electron chi connectivity index (χ1n) is 3.95. The molecule has 1 heterocycles. The number of rotatable bonds is 3. The number of halogens is 4. The van der Waals surface area contributed by atoms with Crippen LogP contribution in [0.3, 0.4) is 0 Å². The maximum absolute atomic E-state index is 11.9. The number of hydrogen-bond donors (Lipinski definition) is 1. The van der Waals surface area contributed by atoms with Crippen molar-refractivity contribution in [3.8, 4) is 0 Å². The average molecular weight is 335 g/mol. The standard InChI is InChI=1S/C8H9F3INS/c9-8(10,11)2-1-6(13)5-3-7(12)14-4-5/h3-4,6H,1-2,13H2. The van der Waals surface area contributed by atoms with Crippen LogP contribution < -0.4 is 5.73 Å². The molecule has 1 aromatic rings. The van der Waals surface area contributed by atoms with Crippen LogP contribution >= 0.6 is 33.9 Å².